The molecule has 2 heterocycles. The van der Waals surface area contributed by atoms with Gasteiger partial charge in [-0.15, -0.1) is 0 Å². The molecular formula is C18H16N4O. The van der Waals surface area contributed by atoms with Crippen molar-refractivity contribution in [1.29, 1.82) is 0 Å². The molecule has 3 aromatic rings. The lowest BCUT2D eigenvalue weighted by Crippen LogP contribution is -2.36. The van der Waals surface area contributed by atoms with Crippen molar-refractivity contribution in [3.05, 3.63) is 65.5 Å². The van der Waals surface area contributed by atoms with Crippen molar-refractivity contribution < 1.29 is 4.79 Å². The second-order valence-electron chi connectivity index (χ2n) is 5.75. The molecule has 0 spiro atoms. The van der Waals surface area contributed by atoms with Crippen LogP contribution in [-0.2, 0) is 13.0 Å². The number of carbonyl (C=O) groups is 1. The maximum absolute atomic E-state index is 12.7. The van der Waals surface area contributed by atoms with Gasteiger partial charge in [0.1, 0.15) is 5.69 Å². The molecule has 0 fully saturated rings. The zero-order valence-corrected chi connectivity index (χ0v) is 12.6. The topological polar surface area (TPSA) is 72.1 Å². The van der Waals surface area contributed by atoms with Crippen LogP contribution in [0.2, 0.25) is 0 Å². The molecular weight excluding hydrogens is 288 g/mol. The maximum Gasteiger partial charge on any atom is 0.274 e. The number of nitrogens with two attached hydrogens (primary N) is 1. The quantitative estimate of drug-likeness (QED) is 0.701. The summed E-state index contributed by atoms with van der Waals surface area (Å²) in [6, 6.07) is 13.4. The van der Waals surface area contributed by atoms with E-state index in [1.54, 1.807) is 6.20 Å². The predicted molar refractivity (Wildman–Crippen MR) is 88.8 cm³/mol. The Morgan fingerprint density at radius 2 is 1.91 bits per heavy atom. The number of nitrogen functional groups attached to an aromatic ring is 1. The van der Waals surface area contributed by atoms with Gasteiger partial charge in [-0.2, -0.15) is 0 Å². The molecule has 5 nitrogen and oxygen atoms in total. The van der Waals surface area contributed by atoms with Gasteiger partial charge in [-0.1, -0.05) is 18.2 Å². The van der Waals surface area contributed by atoms with Crippen molar-refractivity contribution in [1.82, 2.24) is 14.9 Å². The Balaban J connectivity index is 1.62. The summed E-state index contributed by atoms with van der Waals surface area (Å²) in [6.45, 7) is 1.26. The van der Waals surface area contributed by atoms with Crippen LogP contribution in [-0.4, -0.2) is 27.3 Å². The van der Waals surface area contributed by atoms with Gasteiger partial charge in [-0.3, -0.25) is 9.78 Å². The summed E-state index contributed by atoms with van der Waals surface area (Å²) in [4.78, 5) is 23.3. The van der Waals surface area contributed by atoms with Gasteiger partial charge in [0, 0.05) is 18.8 Å². The molecule has 23 heavy (non-hydrogen) atoms. The lowest BCUT2D eigenvalue weighted by Gasteiger charge is -2.28. The molecule has 1 aliphatic heterocycles. The SMILES string of the molecule is Nc1ccc2c(c1)CCN(C(=O)c1cnc3ccccc3n1)C2. The number of hydrogen-bond acceptors (Lipinski definition) is 4. The highest BCUT2D eigenvalue weighted by atomic mass is 16.2. The van der Waals surface area contributed by atoms with E-state index in [2.05, 4.69) is 9.97 Å². The number of para-hydroxylation sites is 2. The van der Waals surface area contributed by atoms with Gasteiger partial charge >= 0.3 is 0 Å². The van der Waals surface area contributed by atoms with Gasteiger partial charge < -0.3 is 10.6 Å². The lowest BCUT2D eigenvalue weighted by molar-refractivity contribution is 0.0729. The summed E-state index contributed by atoms with van der Waals surface area (Å²) in [6.07, 6.45) is 2.37. The standard InChI is InChI=1S/C18H16N4O/c19-14-6-5-13-11-22(8-7-12(13)9-14)18(23)17-10-20-15-3-1-2-4-16(15)21-17/h1-6,9-10H,7-8,11,19H2. The third-order valence-corrected chi connectivity index (χ3v) is 4.20. The summed E-state index contributed by atoms with van der Waals surface area (Å²) in [7, 11) is 0. The van der Waals surface area contributed by atoms with Crippen LogP contribution < -0.4 is 5.73 Å². The maximum atomic E-state index is 12.7. The fraction of sp³-hybridized carbons (Fsp3) is 0.167. The molecule has 0 saturated carbocycles. The highest BCUT2D eigenvalue weighted by Gasteiger charge is 2.23. The van der Waals surface area contributed by atoms with Crippen LogP contribution in [0.1, 0.15) is 21.6 Å². The molecule has 1 aromatic heterocycles. The largest absolute Gasteiger partial charge is 0.399 e. The molecule has 0 radical (unpaired) electrons. The molecule has 5 heteroatoms. The number of anilines is 1. The molecule has 114 valence electrons. The number of rotatable bonds is 1. The lowest BCUT2D eigenvalue weighted by atomic mass is 9.99. The van der Waals surface area contributed by atoms with Crippen LogP contribution in [0.25, 0.3) is 11.0 Å². The second-order valence-corrected chi connectivity index (χ2v) is 5.75. The molecule has 0 saturated heterocycles. The summed E-state index contributed by atoms with van der Waals surface area (Å²) in [5, 5.41) is 0. The zero-order valence-electron chi connectivity index (χ0n) is 12.6. The zero-order chi connectivity index (χ0) is 15.8. The van der Waals surface area contributed by atoms with Crippen LogP contribution >= 0.6 is 0 Å². The minimum atomic E-state index is -0.0780. The molecule has 0 unspecified atom stereocenters. The predicted octanol–water partition coefficient (Wildman–Crippen LogP) is 2.41. The van der Waals surface area contributed by atoms with E-state index in [9.17, 15) is 4.79 Å². The Kier molecular flexibility index (Phi) is 3.19. The van der Waals surface area contributed by atoms with Crippen molar-refractivity contribution >= 4 is 22.6 Å². The normalized spacial score (nSPS) is 13.8. The molecule has 2 N–H and O–H groups in total. The minimum Gasteiger partial charge on any atom is -0.399 e. The molecule has 1 aliphatic rings. The Bertz CT molecular complexity index is 906. The van der Waals surface area contributed by atoms with Gasteiger partial charge in [0.25, 0.3) is 5.91 Å². The monoisotopic (exact) mass is 304 g/mol. The highest BCUT2D eigenvalue weighted by molar-refractivity contribution is 5.94. The second kappa shape index (κ2) is 5.35. The molecule has 0 bridgehead atoms. The molecule has 0 aliphatic carbocycles. The smallest absolute Gasteiger partial charge is 0.274 e. The van der Waals surface area contributed by atoms with Crippen molar-refractivity contribution in [3.8, 4) is 0 Å². The molecule has 4 rings (SSSR count). The first-order chi connectivity index (χ1) is 11.2. The van der Waals surface area contributed by atoms with Crippen molar-refractivity contribution in [2.24, 2.45) is 0 Å². The van der Waals surface area contributed by atoms with E-state index in [0.717, 1.165) is 28.7 Å². The molecule has 2 aromatic carbocycles. The summed E-state index contributed by atoms with van der Waals surface area (Å²) in [5.41, 5.74) is 10.9. The number of hydrogen-bond donors (Lipinski definition) is 1. The van der Waals surface area contributed by atoms with E-state index in [4.69, 9.17) is 5.73 Å². The van der Waals surface area contributed by atoms with Crippen LogP contribution in [0.4, 0.5) is 5.69 Å². The first kappa shape index (κ1) is 13.7. The third-order valence-electron chi connectivity index (χ3n) is 4.20. The number of nitrogens with zero attached hydrogens (tertiary/aromatic N) is 3. The Hall–Kier alpha value is -2.95. The number of carbonyl (C=O) groups excluding carboxylic acids is 1. The van der Waals surface area contributed by atoms with Crippen molar-refractivity contribution in [2.75, 3.05) is 12.3 Å². The Labute approximate surface area is 133 Å². The third kappa shape index (κ3) is 2.50. The van der Waals surface area contributed by atoms with Gasteiger partial charge in [-0.05, 0) is 41.8 Å². The molecule has 0 atom stereocenters. The van der Waals surface area contributed by atoms with E-state index >= 15 is 0 Å². The first-order valence-corrected chi connectivity index (χ1v) is 7.59. The number of fused-ring (bicyclic) bond motifs is 2. The first-order valence-electron chi connectivity index (χ1n) is 7.59. The van der Waals surface area contributed by atoms with E-state index in [1.807, 2.05) is 47.4 Å². The van der Waals surface area contributed by atoms with Gasteiger partial charge in [-0.25, -0.2) is 4.98 Å². The van der Waals surface area contributed by atoms with Crippen molar-refractivity contribution in [2.45, 2.75) is 13.0 Å². The minimum absolute atomic E-state index is 0.0780. The summed E-state index contributed by atoms with van der Waals surface area (Å²) >= 11 is 0. The average molecular weight is 304 g/mol. The van der Waals surface area contributed by atoms with Gasteiger partial charge in [0.05, 0.1) is 17.2 Å². The summed E-state index contributed by atoms with van der Waals surface area (Å²) < 4.78 is 0. The van der Waals surface area contributed by atoms with Crippen LogP contribution in [0.3, 0.4) is 0 Å². The van der Waals surface area contributed by atoms with E-state index in [-0.39, 0.29) is 5.91 Å². The van der Waals surface area contributed by atoms with Crippen LogP contribution in [0.15, 0.2) is 48.7 Å². The Morgan fingerprint density at radius 3 is 2.78 bits per heavy atom. The van der Waals surface area contributed by atoms with Crippen LogP contribution in [0.5, 0.6) is 0 Å². The van der Waals surface area contributed by atoms with E-state index in [1.165, 1.54) is 5.56 Å². The number of amides is 1. The van der Waals surface area contributed by atoms with E-state index < -0.39 is 0 Å². The fourth-order valence-corrected chi connectivity index (χ4v) is 2.97. The highest BCUT2D eigenvalue weighted by Crippen LogP contribution is 2.22. The average Bonchev–Trinajstić information content (AvgIpc) is 2.60. The van der Waals surface area contributed by atoms with Gasteiger partial charge in [0.2, 0.25) is 0 Å². The fourth-order valence-electron chi connectivity index (χ4n) is 2.97. The van der Waals surface area contributed by atoms with E-state index in [0.29, 0.717) is 18.8 Å². The summed E-state index contributed by atoms with van der Waals surface area (Å²) in [5.74, 6) is -0.0780. The molecule has 1 amide bonds. The van der Waals surface area contributed by atoms with Crippen molar-refractivity contribution in [3.63, 3.8) is 0 Å². The van der Waals surface area contributed by atoms with Crippen LogP contribution in [0, 0.1) is 0 Å². The number of aromatic nitrogens is 2. The van der Waals surface area contributed by atoms with Gasteiger partial charge in [0.15, 0.2) is 0 Å². The number of benzene rings is 2. The Morgan fingerprint density at radius 1 is 1.09 bits per heavy atom.